The fraction of sp³-hybridized carbons (Fsp3) is 1.00. The molecule has 2 saturated carbocycles. The molecule has 2 fully saturated rings. The largest absolute Gasteiger partial charge is 0.287 e. The smallest absolute Gasteiger partial charge is 0.259 e. The van der Waals surface area contributed by atoms with Crippen molar-refractivity contribution in [3.63, 3.8) is 0 Å². The minimum absolute atomic E-state index is 0.590. The predicted molar refractivity (Wildman–Crippen MR) is 90.0 cm³/mol. The van der Waals surface area contributed by atoms with E-state index >= 15 is 0 Å². The Hall–Kier alpha value is 1.57. The Bertz CT molecular complexity index is 267. The zero-order valence-corrected chi connectivity index (χ0v) is 14.8. The van der Waals surface area contributed by atoms with Crippen molar-refractivity contribution in [1.82, 2.24) is 0 Å². The summed E-state index contributed by atoms with van der Waals surface area (Å²) >= 11 is 3.42. The fourth-order valence-electron chi connectivity index (χ4n) is 2.76. The summed E-state index contributed by atoms with van der Waals surface area (Å²) in [5, 5.41) is 1.18. The van der Waals surface area contributed by atoms with Crippen molar-refractivity contribution < 1.29 is 4.57 Å². The quantitative estimate of drug-likeness (QED) is 0.494. The van der Waals surface area contributed by atoms with E-state index in [9.17, 15) is 4.57 Å². The maximum atomic E-state index is 12.9. The molecule has 2 aliphatic rings. The van der Waals surface area contributed by atoms with Crippen molar-refractivity contribution >= 4 is 48.8 Å². The molecule has 0 heterocycles. The summed E-state index contributed by atoms with van der Waals surface area (Å²) in [4.78, 5) is 0. The average Bonchev–Trinajstić information content (AvgIpc) is 2.41. The summed E-state index contributed by atoms with van der Waals surface area (Å²) in [5.41, 5.74) is 0. The molecule has 0 N–H and O–H groups in total. The lowest BCUT2D eigenvalue weighted by Crippen LogP contribution is -2.09. The number of rotatable bonds is 5. The molecule has 1 nitrogen and oxygen atoms in total. The maximum absolute atomic E-state index is 12.9. The molecule has 106 valence electrons. The monoisotopic (exact) mass is 344 g/mol. The lowest BCUT2D eigenvalue weighted by molar-refractivity contribution is 0.516. The van der Waals surface area contributed by atoms with E-state index in [1.807, 2.05) is 0 Å². The van der Waals surface area contributed by atoms with Gasteiger partial charge in [0.1, 0.15) is 0 Å². The second-order valence-electron chi connectivity index (χ2n) is 5.25. The van der Waals surface area contributed by atoms with Crippen LogP contribution in [-0.4, -0.2) is 10.5 Å². The summed E-state index contributed by atoms with van der Waals surface area (Å²) in [6.45, 7) is 0. The van der Waals surface area contributed by atoms with Crippen LogP contribution in [0.1, 0.15) is 64.2 Å². The van der Waals surface area contributed by atoms with Crippen molar-refractivity contribution in [2.45, 2.75) is 74.7 Å². The summed E-state index contributed by atoms with van der Waals surface area (Å²) < 4.78 is 10.6. The Morgan fingerprint density at radius 3 is 1.50 bits per heavy atom. The topological polar surface area (TPSA) is 17.1 Å². The molecular formula is C12H22ClOPS3. The first kappa shape index (κ1) is 15.9. The van der Waals surface area contributed by atoms with E-state index in [1.165, 1.54) is 64.2 Å². The van der Waals surface area contributed by atoms with Gasteiger partial charge in [-0.2, -0.15) is 0 Å². The van der Waals surface area contributed by atoms with Gasteiger partial charge in [0, 0.05) is 21.1 Å². The Kier molecular flexibility index (Phi) is 7.20. The van der Waals surface area contributed by atoms with E-state index in [-0.39, 0.29) is 0 Å². The first-order valence-electron chi connectivity index (χ1n) is 6.99. The minimum Gasteiger partial charge on any atom is -0.287 e. The van der Waals surface area contributed by atoms with Crippen LogP contribution in [-0.2, 0) is 4.57 Å². The predicted octanol–water partition coefficient (Wildman–Crippen LogP) is 7.11. The fourth-order valence-corrected chi connectivity index (χ4v) is 15.7. The Morgan fingerprint density at radius 1 is 0.778 bits per heavy atom. The van der Waals surface area contributed by atoms with Crippen molar-refractivity contribution in [2.75, 3.05) is 0 Å². The van der Waals surface area contributed by atoms with Gasteiger partial charge < -0.3 is 0 Å². The molecule has 0 saturated heterocycles. The average molecular weight is 345 g/mol. The van der Waals surface area contributed by atoms with Crippen molar-refractivity contribution in [1.29, 1.82) is 0 Å². The maximum Gasteiger partial charge on any atom is 0.259 e. The number of hydrogen-bond acceptors (Lipinski definition) is 4. The molecule has 2 aliphatic carbocycles. The van der Waals surface area contributed by atoms with Gasteiger partial charge in [0.25, 0.3) is 4.75 Å². The van der Waals surface area contributed by atoms with Crippen LogP contribution in [0.4, 0.5) is 0 Å². The second kappa shape index (κ2) is 8.12. The van der Waals surface area contributed by atoms with Crippen molar-refractivity contribution in [2.24, 2.45) is 0 Å². The zero-order valence-electron chi connectivity index (χ0n) is 10.7. The molecule has 0 aromatic rings. The van der Waals surface area contributed by atoms with Crippen LogP contribution >= 0.6 is 48.8 Å². The molecule has 2 rings (SSSR count). The molecule has 0 radical (unpaired) electrons. The van der Waals surface area contributed by atoms with Gasteiger partial charge in [0.05, 0.1) is 0 Å². The summed E-state index contributed by atoms with van der Waals surface area (Å²) in [6, 6.07) is 0. The highest BCUT2D eigenvalue weighted by Crippen LogP contribution is 2.82. The lowest BCUT2D eigenvalue weighted by Gasteiger charge is -2.28. The molecule has 0 amide bonds. The third kappa shape index (κ3) is 5.16. The second-order valence-corrected chi connectivity index (χ2v) is 17.7. The summed E-state index contributed by atoms with van der Waals surface area (Å²) in [6.07, 6.45) is 12.9. The van der Waals surface area contributed by atoms with E-state index in [0.717, 1.165) is 10.6 Å². The van der Waals surface area contributed by atoms with Gasteiger partial charge in [-0.25, -0.2) is 0 Å². The highest BCUT2D eigenvalue weighted by molar-refractivity contribution is 9.17. The first-order chi connectivity index (χ1) is 8.72. The Balaban J connectivity index is 1.85. The highest BCUT2D eigenvalue weighted by atomic mass is 35.7. The van der Waals surface area contributed by atoms with Gasteiger partial charge in [-0.3, -0.25) is 4.57 Å². The van der Waals surface area contributed by atoms with Gasteiger partial charge in [0.2, 0.25) is 0 Å². The van der Waals surface area contributed by atoms with Crippen LogP contribution in [0.2, 0.25) is 0 Å². The van der Waals surface area contributed by atoms with E-state index in [1.54, 1.807) is 22.8 Å². The SMILES string of the molecule is O=P(SCl)(SC1CCCCC1)SC1CCCCC1. The van der Waals surface area contributed by atoms with Crippen LogP contribution in [0.3, 0.4) is 0 Å². The summed E-state index contributed by atoms with van der Waals surface area (Å²) in [7, 11) is 7.07. The first-order valence-corrected chi connectivity index (χ1v) is 13.9. The Labute approximate surface area is 127 Å². The lowest BCUT2D eigenvalue weighted by atomic mass is 10.0. The molecule has 0 aliphatic heterocycles. The normalized spacial score (nSPS) is 24.3. The standard InChI is InChI=1S/C12H22ClOPS3/c13-18-15(14,16-11-7-3-1-4-8-11)17-12-9-5-2-6-10-12/h11-12H,1-10H2. The van der Waals surface area contributed by atoms with Gasteiger partial charge in [-0.1, -0.05) is 61.3 Å². The van der Waals surface area contributed by atoms with Gasteiger partial charge >= 0.3 is 0 Å². The molecular weight excluding hydrogens is 323 g/mol. The van der Waals surface area contributed by atoms with Gasteiger partial charge in [-0.05, 0) is 36.4 Å². The number of hydrogen-bond donors (Lipinski definition) is 0. The third-order valence-corrected chi connectivity index (χ3v) is 17.5. The molecule has 18 heavy (non-hydrogen) atoms. The van der Waals surface area contributed by atoms with Gasteiger partial charge in [0.15, 0.2) is 0 Å². The van der Waals surface area contributed by atoms with Crippen LogP contribution in [0.25, 0.3) is 0 Å². The highest BCUT2D eigenvalue weighted by Gasteiger charge is 2.33. The van der Waals surface area contributed by atoms with Crippen molar-refractivity contribution in [3.8, 4) is 0 Å². The molecule has 0 aromatic carbocycles. The Morgan fingerprint density at radius 2 is 1.17 bits per heavy atom. The van der Waals surface area contributed by atoms with Crippen LogP contribution in [0.15, 0.2) is 0 Å². The molecule has 0 aromatic heterocycles. The zero-order chi connectivity index (χ0) is 12.8. The summed E-state index contributed by atoms with van der Waals surface area (Å²) in [5.74, 6) is 0. The van der Waals surface area contributed by atoms with Crippen molar-refractivity contribution in [3.05, 3.63) is 0 Å². The molecule has 0 bridgehead atoms. The third-order valence-electron chi connectivity index (χ3n) is 3.75. The number of halogens is 1. The van der Waals surface area contributed by atoms with Crippen LogP contribution < -0.4 is 0 Å². The van der Waals surface area contributed by atoms with E-state index < -0.39 is 4.75 Å². The molecule has 6 heteroatoms. The van der Waals surface area contributed by atoms with Gasteiger partial charge in [-0.15, -0.1) is 0 Å². The molecule has 0 atom stereocenters. The van der Waals surface area contributed by atoms with E-state index in [0.29, 0.717) is 10.5 Å². The molecule has 0 unspecified atom stereocenters. The minimum atomic E-state index is -2.32. The van der Waals surface area contributed by atoms with E-state index in [4.69, 9.17) is 10.7 Å². The van der Waals surface area contributed by atoms with Crippen LogP contribution in [0, 0.1) is 0 Å². The van der Waals surface area contributed by atoms with Crippen LogP contribution in [0.5, 0.6) is 0 Å². The van der Waals surface area contributed by atoms with E-state index in [2.05, 4.69) is 0 Å². The molecule has 0 spiro atoms.